The highest BCUT2D eigenvalue weighted by Gasteiger charge is 2.31. The van der Waals surface area contributed by atoms with Gasteiger partial charge in [0.05, 0.1) is 5.56 Å². The van der Waals surface area contributed by atoms with Gasteiger partial charge in [0.2, 0.25) is 0 Å². The van der Waals surface area contributed by atoms with Gasteiger partial charge in [-0.15, -0.1) is 11.8 Å². The van der Waals surface area contributed by atoms with Gasteiger partial charge in [-0.2, -0.15) is 13.2 Å². The highest BCUT2D eigenvalue weighted by atomic mass is 32.2. The Kier molecular flexibility index (Phi) is 4.67. The molecular formula is C12H13F3O2S. The third-order valence-electron chi connectivity index (χ3n) is 2.27. The molecule has 0 amide bonds. The summed E-state index contributed by atoms with van der Waals surface area (Å²) >= 11 is 0.936. The van der Waals surface area contributed by atoms with Crippen LogP contribution in [0.25, 0.3) is 0 Å². The molecule has 0 saturated heterocycles. The Morgan fingerprint density at radius 1 is 1.33 bits per heavy atom. The molecule has 0 aliphatic carbocycles. The van der Waals surface area contributed by atoms with Gasteiger partial charge in [0.25, 0.3) is 0 Å². The van der Waals surface area contributed by atoms with Gasteiger partial charge in [0, 0.05) is 4.90 Å². The van der Waals surface area contributed by atoms with E-state index in [1.165, 1.54) is 12.1 Å². The van der Waals surface area contributed by atoms with E-state index in [4.69, 9.17) is 5.11 Å². The molecule has 0 heterocycles. The van der Waals surface area contributed by atoms with Gasteiger partial charge in [-0.25, -0.2) is 0 Å². The number of halogens is 3. The van der Waals surface area contributed by atoms with Crippen LogP contribution in [0.4, 0.5) is 13.2 Å². The van der Waals surface area contributed by atoms with E-state index in [0.29, 0.717) is 4.90 Å². The van der Waals surface area contributed by atoms with Crippen molar-refractivity contribution in [2.75, 3.05) is 0 Å². The Bertz CT molecular complexity index is 430. The van der Waals surface area contributed by atoms with Crippen LogP contribution in [0.5, 0.6) is 0 Å². The van der Waals surface area contributed by atoms with Crippen molar-refractivity contribution in [2.45, 2.75) is 30.2 Å². The Labute approximate surface area is 107 Å². The number of benzene rings is 1. The number of aliphatic carboxylic acids is 1. The summed E-state index contributed by atoms with van der Waals surface area (Å²) in [7, 11) is 0. The summed E-state index contributed by atoms with van der Waals surface area (Å²) in [5.74, 6) is -1.19. The summed E-state index contributed by atoms with van der Waals surface area (Å²) in [6, 6.07) is 4.71. The Balaban J connectivity index is 2.94. The van der Waals surface area contributed by atoms with Crippen LogP contribution in [0.1, 0.15) is 19.4 Å². The highest BCUT2D eigenvalue weighted by Crippen LogP contribution is 2.34. The van der Waals surface area contributed by atoms with Crippen LogP contribution in [0, 0.1) is 5.92 Å². The van der Waals surface area contributed by atoms with E-state index in [9.17, 15) is 18.0 Å². The molecule has 0 fully saturated rings. The molecule has 0 aromatic heterocycles. The van der Waals surface area contributed by atoms with Crippen LogP contribution < -0.4 is 0 Å². The minimum Gasteiger partial charge on any atom is -0.480 e. The molecule has 0 saturated carbocycles. The summed E-state index contributed by atoms with van der Waals surface area (Å²) in [5, 5.41) is 8.24. The third kappa shape index (κ3) is 3.94. The molecule has 1 rings (SSSR count). The third-order valence-corrected chi connectivity index (χ3v) is 3.80. The predicted molar refractivity (Wildman–Crippen MR) is 63.6 cm³/mol. The first-order valence-corrected chi connectivity index (χ1v) is 6.16. The maximum atomic E-state index is 12.5. The van der Waals surface area contributed by atoms with Crippen LogP contribution in [0.15, 0.2) is 29.2 Å². The van der Waals surface area contributed by atoms with Crippen LogP contribution in [-0.2, 0) is 11.0 Å². The average molecular weight is 278 g/mol. The molecule has 1 unspecified atom stereocenters. The quantitative estimate of drug-likeness (QED) is 0.848. The number of carboxylic acids is 1. The standard InChI is InChI=1S/C12H13F3O2S/c1-7(2)10(11(16)17)18-9-5-3-4-8(6-9)12(13,14)15/h3-7,10H,1-2H3,(H,16,17). The molecule has 6 heteroatoms. The monoisotopic (exact) mass is 278 g/mol. The number of hydrogen-bond acceptors (Lipinski definition) is 2. The first-order valence-electron chi connectivity index (χ1n) is 5.28. The Morgan fingerprint density at radius 2 is 1.94 bits per heavy atom. The highest BCUT2D eigenvalue weighted by molar-refractivity contribution is 8.00. The molecule has 18 heavy (non-hydrogen) atoms. The summed E-state index contributed by atoms with van der Waals surface area (Å²) in [5.41, 5.74) is -0.764. The van der Waals surface area contributed by atoms with Crippen molar-refractivity contribution >= 4 is 17.7 Å². The van der Waals surface area contributed by atoms with E-state index in [-0.39, 0.29) is 5.92 Å². The van der Waals surface area contributed by atoms with E-state index in [1.54, 1.807) is 13.8 Å². The fourth-order valence-electron chi connectivity index (χ4n) is 1.36. The van der Waals surface area contributed by atoms with E-state index in [1.807, 2.05) is 0 Å². The second kappa shape index (κ2) is 5.65. The molecule has 0 aliphatic heterocycles. The zero-order valence-corrected chi connectivity index (χ0v) is 10.7. The number of carboxylic acid groups (broad SMARTS) is 1. The fraction of sp³-hybridized carbons (Fsp3) is 0.417. The molecule has 1 atom stereocenters. The lowest BCUT2D eigenvalue weighted by molar-refractivity contribution is -0.138. The van der Waals surface area contributed by atoms with Crippen molar-refractivity contribution in [3.63, 3.8) is 0 Å². The SMILES string of the molecule is CC(C)C(Sc1cccc(C(F)(F)F)c1)C(=O)O. The fourth-order valence-corrected chi connectivity index (χ4v) is 2.38. The number of carbonyl (C=O) groups is 1. The lowest BCUT2D eigenvalue weighted by Gasteiger charge is -2.16. The van der Waals surface area contributed by atoms with Gasteiger partial charge >= 0.3 is 12.1 Å². The molecule has 100 valence electrons. The molecule has 0 spiro atoms. The summed E-state index contributed by atoms with van der Waals surface area (Å²) in [6.07, 6.45) is -4.41. The molecule has 2 nitrogen and oxygen atoms in total. The largest absolute Gasteiger partial charge is 0.480 e. The van der Waals surface area contributed by atoms with Crippen molar-refractivity contribution in [3.05, 3.63) is 29.8 Å². The van der Waals surface area contributed by atoms with Gasteiger partial charge in [0.15, 0.2) is 0 Å². The molecular weight excluding hydrogens is 265 g/mol. The zero-order chi connectivity index (χ0) is 13.9. The molecule has 0 radical (unpaired) electrons. The minimum absolute atomic E-state index is 0.165. The minimum atomic E-state index is -4.41. The second-order valence-electron chi connectivity index (χ2n) is 4.15. The second-order valence-corrected chi connectivity index (χ2v) is 5.36. The maximum Gasteiger partial charge on any atom is 0.416 e. The number of rotatable bonds is 4. The Morgan fingerprint density at radius 3 is 2.39 bits per heavy atom. The van der Waals surface area contributed by atoms with E-state index < -0.39 is 23.0 Å². The predicted octanol–water partition coefficient (Wildman–Crippen LogP) is 3.91. The van der Waals surface area contributed by atoms with Gasteiger partial charge in [0.1, 0.15) is 5.25 Å². The molecule has 0 bridgehead atoms. The molecule has 0 aliphatic rings. The molecule has 1 aromatic rings. The van der Waals surface area contributed by atoms with Crippen LogP contribution >= 0.6 is 11.8 Å². The van der Waals surface area contributed by atoms with Gasteiger partial charge < -0.3 is 5.11 Å². The number of hydrogen-bond donors (Lipinski definition) is 1. The maximum absolute atomic E-state index is 12.5. The smallest absolute Gasteiger partial charge is 0.416 e. The van der Waals surface area contributed by atoms with E-state index in [0.717, 1.165) is 23.9 Å². The molecule has 1 aromatic carbocycles. The molecule has 1 N–H and O–H groups in total. The zero-order valence-electron chi connectivity index (χ0n) is 9.86. The normalized spacial score (nSPS) is 13.7. The first-order chi connectivity index (χ1) is 8.21. The van der Waals surface area contributed by atoms with Crippen molar-refractivity contribution in [1.29, 1.82) is 0 Å². The number of thioether (sulfide) groups is 1. The van der Waals surface area contributed by atoms with Gasteiger partial charge in [-0.3, -0.25) is 4.79 Å². The topological polar surface area (TPSA) is 37.3 Å². The summed E-state index contributed by atoms with van der Waals surface area (Å²) < 4.78 is 37.5. The lowest BCUT2D eigenvalue weighted by atomic mass is 10.1. The van der Waals surface area contributed by atoms with Gasteiger partial charge in [-0.05, 0) is 24.1 Å². The van der Waals surface area contributed by atoms with E-state index >= 15 is 0 Å². The van der Waals surface area contributed by atoms with Crippen LogP contribution in [0.2, 0.25) is 0 Å². The Hall–Kier alpha value is -1.17. The summed E-state index contributed by atoms with van der Waals surface area (Å²) in [6.45, 7) is 3.44. The van der Waals surface area contributed by atoms with Crippen molar-refractivity contribution in [2.24, 2.45) is 5.92 Å². The average Bonchev–Trinajstić information content (AvgIpc) is 2.24. The van der Waals surface area contributed by atoms with Gasteiger partial charge in [-0.1, -0.05) is 19.9 Å². The van der Waals surface area contributed by atoms with Crippen molar-refractivity contribution in [1.82, 2.24) is 0 Å². The lowest BCUT2D eigenvalue weighted by Crippen LogP contribution is -2.22. The van der Waals surface area contributed by atoms with Crippen LogP contribution in [0.3, 0.4) is 0 Å². The van der Waals surface area contributed by atoms with Crippen molar-refractivity contribution < 1.29 is 23.1 Å². The summed E-state index contributed by atoms with van der Waals surface area (Å²) in [4.78, 5) is 11.3. The van der Waals surface area contributed by atoms with Crippen molar-refractivity contribution in [3.8, 4) is 0 Å². The number of alkyl halides is 3. The first kappa shape index (κ1) is 14.9. The van der Waals surface area contributed by atoms with E-state index in [2.05, 4.69) is 0 Å². The van der Waals surface area contributed by atoms with Crippen LogP contribution in [-0.4, -0.2) is 16.3 Å².